The van der Waals surface area contributed by atoms with Gasteiger partial charge in [-0.3, -0.25) is 0 Å². The molecule has 1 aromatic rings. The van der Waals surface area contributed by atoms with Gasteiger partial charge in [0.25, 0.3) is 0 Å². The number of anilines is 1. The Morgan fingerprint density at radius 1 is 1.28 bits per heavy atom. The van der Waals surface area contributed by atoms with Crippen molar-refractivity contribution < 1.29 is 9.84 Å². The molecule has 1 rings (SSSR count). The van der Waals surface area contributed by atoms with E-state index in [1.54, 1.807) is 7.11 Å². The van der Waals surface area contributed by atoms with E-state index in [1.165, 1.54) is 0 Å². The monoisotopic (exact) mass is 251 g/mol. The molecule has 102 valence electrons. The fourth-order valence-corrected chi connectivity index (χ4v) is 1.88. The molecule has 0 aliphatic heterocycles. The molecule has 0 aliphatic carbocycles. The number of ether oxygens (including phenoxy) is 1. The van der Waals surface area contributed by atoms with Crippen molar-refractivity contribution in [2.24, 2.45) is 0 Å². The van der Waals surface area contributed by atoms with Crippen molar-refractivity contribution in [3.8, 4) is 5.75 Å². The molecule has 2 N–H and O–H groups in total. The number of hydrogen-bond donors (Lipinski definition) is 2. The third-order valence-electron chi connectivity index (χ3n) is 2.93. The van der Waals surface area contributed by atoms with Gasteiger partial charge in [0.05, 0.1) is 12.7 Å². The Morgan fingerprint density at radius 2 is 1.89 bits per heavy atom. The second-order valence-electron chi connectivity index (χ2n) is 5.48. The highest BCUT2D eigenvalue weighted by atomic mass is 16.5. The average molecular weight is 251 g/mol. The maximum Gasteiger partial charge on any atom is 0.119 e. The zero-order valence-corrected chi connectivity index (χ0v) is 11.9. The number of hydrogen-bond acceptors (Lipinski definition) is 3. The van der Waals surface area contributed by atoms with Gasteiger partial charge in [0.15, 0.2) is 0 Å². The van der Waals surface area contributed by atoms with Crippen LogP contribution in [0.1, 0.15) is 40.0 Å². The molecular formula is C15H25NO2. The van der Waals surface area contributed by atoms with Crippen LogP contribution in [0.4, 0.5) is 5.69 Å². The average Bonchev–Trinajstić information content (AvgIpc) is 2.28. The highest BCUT2D eigenvalue weighted by Gasteiger charge is 2.12. The molecule has 0 saturated heterocycles. The summed E-state index contributed by atoms with van der Waals surface area (Å²) in [6, 6.07) is 8.34. The minimum atomic E-state index is -0.556. The quantitative estimate of drug-likeness (QED) is 0.780. The van der Waals surface area contributed by atoms with Crippen LogP contribution in [0, 0.1) is 0 Å². The maximum absolute atomic E-state index is 9.64. The van der Waals surface area contributed by atoms with Crippen molar-refractivity contribution >= 4 is 5.69 Å². The summed E-state index contributed by atoms with van der Waals surface area (Å²) in [7, 11) is 1.67. The van der Waals surface area contributed by atoms with Gasteiger partial charge in [-0.25, -0.2) is 0 Å². The summed E-state index contributed by atoms with van der Waals surface area (Å²) >= 11 is 0. The zero-order valence-electron chi connectivity index (χ0n) is 11.9. The normalized spacial score (nSPS) is 13.2. The van der Waals surface area contributed by atoms with Gasteiger partial charge in [0, 0.05) is 11.7 Å². The van der Waals surface area contributed by atoms with Crippen molar-refractivity contribution in [1.29, 1.82) is 0 Å². The molecule has 0 radical (unpaired) electrons. The van der Waals surface area contributed by atoms with Crippen molar-refractivity contribution in [3.63, 3.8) is 0 Å². The lowest BCUT2D eigenvalue weighted by atomic mass is 10.00. The van der Waals surface area contributed by atoms with E-state index < -0.39 is 5.60 Å². The van der Waals surface area contributed by atoms with E-state index in [9.17, 15) is 5.11 Å². The van der Waals surface area contributed by atoms with Crippen LogP contribution in [0.5, 0.6) is 5.75 Å². The molecule has 3 heteroatoms. The molecule has 0 aromatic heterocycles. The van der Waals surface area contributed by atoms with Gasteiger partial charge in [-0.2, -0.15) is 0 Å². The minimum Gasteiger partial charge on any atom is -0.497 e. The van der Waals surface area contributed by atoms with Crippen LogP contribution in [-0.4, -0.2) is 23.9 Å². The van der Waals surface area contributed by atoms with Gasteiger partial charge in [-0.05, 0) is 64.3 Å². The van der Waals surface area contributed by atoms with Crippen LogP contribution in [0.15, 0.2) is 24.3 Å². The molecule has 1 aromatic carbocycles. The van der Waals surface area contributed by atoms with E-state index in [4.69, 9.17) is 4.74 Å². The molecule has 18 heavy (non-hydrogen) atoms. The first-order valence-corrected chi connectivity index (χ1v) is 6.54. The fraction of sp³-hybridized carbons (Fsp3) is 0.600. The van der Waals surface area contributed by atoms with E-state index in [2.05, 4.69) is 12.2 Å². The highest BCUT2D eigenvalue weighted by molar-refractivity contribution is 5.46. The summed E-state index contributed by atoms with van der Waals surface area (Å²) < 4.78 is 5.12. The third-order valence-corrected chi connectivity index (χ3v) is 2.93. The maximum atomic E-state index is 9.64. The van der Waals surface area contributed by atoms with Gasteiger partial charge in [-0.15, -0.1) is 0 Å². The first-order chi connectivity index (χ1) is 8.40. The molecule has 0 bridgehead atoms. The number of rotatable bonds is 7. The van der Waals surface area contributed by atoms with Crippen molar-refractivity contribution in [1.82, 2.24) is 0 Å². The molecule has 0 spiro atoms. The van der Waals surface area contributed by atoms with Gasteiger partial charge >= 0.3 is 0 Å². The second-order valence-corrected chi connectivity index (χ2v) is 5.48. The number of nitrogens with one attached hydrogen (secondary N) is 1. The predicted molar refractivity (Wildman–Crippen MR) is 76.2 cm³/mol. The van der Waals surface area contributed by atoms with Crippen molar-refractivity contribution in [2.45, 2.75) is 51.7 Å². The predicted octanol–water partition coefficient (Wildman–Crippen LogP) is 3.44. The Bertz CT molecular complexity index is 341. The number of methoxy groups -OCH3 is 1. The fourth-order valence-electron chi connectivity index (χ4n) is 1.88. The van der Waals surface area contributed by atoms with Crippen LogP contribution >= 0.6 is 0 Å². The van der Waals surface area contributed by atoms with Crippen LogP contribution in [0.3, 0.4) is 0 Å². The van der Waals surface area contributed by atoms with Gasteiger partial charge in [0.2, 0.25) is 0 Å². The molecule has 0 fully saturated rings. The van der Waals surface area contributed by atoms with Crippen LogP contribution in [0.25, 0.3) is 0 Å². The van der Waals surface area contributed by atoms with E-state index in [-0.39, 0.29) is 0 Å². The van der Waals surface area contributed by atoms with E-state index in [0.717, 1.165) is 30.7 Å². The van der Waals surface area contributed by atoms with Gasteiger partial charge in [0.1, 0.15) is 5.75 Å². The third kappa shape index (κ3) is 5.92. The van der Waals surface area contributed by atoms with E-state index >= 15 is 0 Å². The Morgan fingerprint density at radius 3 is 2.39 bits per heavy atom. The summed E-state index contributed by atoms with van der Waals surface area (Å²) in [4.78, 5) is 0. The summed E-state index contributed by atoms with van der Waals surface area (Å²) in [5, 5.41) is 13.1. The molecule has 3 nitrogen and oxygen atoms in total. The molecule has 1 atom stereocenters. The molecule has 0 saturated carbocycles. The SMILES string of the molecule is COc1ccc(NC(C)CCCC(C)(C)O)cc1. The first-order valence-electron chi connectivity index (χ1n) is 6.54. The van der Waals surface area contributed by atoms with Gasteiger partial charge < -0.3 is 15.2 Å². The zero-order chi connectivity index (χ0) is 13.6. The van der Waals surface area contributed by atoms with Crippen LogP contribution in [-0.2, 0) is 0 Å². The largest absolute Gasteiger partial charge is 0.497 e. The summed E-state index contributed by atoms with van der Waals surface area (Å²) in [6.45, 7) is 5.87. The van der Waals surface area contributed by atoms with Crippen LogP contribution < -0.4 is 10.1 Å². The van der Waals surface area contributed by atoms with Crippen LogP contribution in [0.2, 0.25) is 0 Å². The molecular weight excluding hydrogens is 226 g/mol. The molecule has 0 aliphatic rings. The first kappa shape index (κ1) is 14.8. The molecule has 0 heterocycles. The van der Waals surface area contributed by atoms with Crippen molar-refractivity contribution in [3.05, 3.63) is 24.3 Å². The highest BCUT2D eigenvalue weighted by Crippen LogP contribution is 2.18. The topological polar surface area (TPSA) is 41.5 Å². The Labute approximate surface area is 110 Å². The Hall–Kier alpha value is -1.22. The lowest BCUT2D eigenvalue weighted by molar-refractivity contribution is 0.0680. The molecule has 0 amide bonds. The lowest BCUT2D eigenvalue weighted by Crippen LogP contribution is -2.20. The van der Waals surface area contributed by atoms with Crippen molar-refractivity contribution in [2.75, 3.05) is 12.4 Å². The number of aliphatic hydroxyl groups is 1. The minimum absolute atomic E-state index is 0.403. The standard InChI is InChI=1S/C15H25NO2/c1-12(6-5-11-15(2,3)17)16-13-7-9-14(18-4)10-8-13/h7-10,12,16-17H,5-6,11H2,1-4H3. The van der Waals surface area contributed by atoms with Gasteiger partial charge in [-0.1, -0.05) is 0 Å². The smallest absolute Gasteiger partial charge is 0.119 e. The summed E-state index contributed by atoms with van der Waals surface area (Å²) in [5.74, 6) is 0.871. The van der Waals surface area contributed by atoms with E-state index in [0.29, 0.717) is 6.04 Å². The summed E-state index contributed by atoms with van der Waals surface area (Å²) in [6.07, 6.45) is 2.91. The Kier molecular flexibility index (Phi) is 5.48. The van der Waals surface area contributed by atoms with E-state index in [1.807, 2.05) is 38.1 Å². The number of benzene rings is 1. The second kappa shape index (κ2) is 6.64. The molecule has 1 unspecified atom stereocenters. The summed E-state index contributed by atoms with van der Waals surface area (Å²) in [5.41, 5.74) is 0.548. The lowest BCUT2D eigenvalue weighted by Gasteiger charge is -2.19. The Balaban J connectivity index is 2.32.